The van der Waals surface area contributed by atoms with E-state index in [9.17, 15) is 0 Å². The molecule has 0 aliphatic heterocycles. The minimum atomic E-state index is 0.655. The van der Waals surface area contributed by atoms with Crippen LogP contribution in [-0.2, 0) is 7.05 Å². The summed E-state index contributed by atoms with van der Waals surface area (Å²) in [7, 11) is 3.54. The summed E-state index contributed by atoms with van der Waals surface area (Å²) in [4.78, 5) is 0. The van der Waals surface area contributed by atoms with E-state index in [0.29, 0.717) is 5.82 Å². The fourth-order valence-corrected chi connectivity index (χ4v) is 3.04. The number of aryl methyl sites for hydroxylation is 2. The van der Waals surface area contributed by atoms with E-state index in [2.05, 4.69) is 22.6 Å². The Morgan fingerprint density at radius 3 is 2.71 bits per heavy atom. The first kappa shape index (κ1) is 13.7. The second kappa shape index (κ2) is 5.26. The monoisotopic (exact) mass is 299 g/mol. The van der Waals surface area contributed by atoms with Crippen molar-refractivity contribution in [1.82, 2.24) is 9.78 Å². The van der Waals surface area contributed by atoms with Gasteiger partial charge in [0.15, 0.2) is 0 Å². The molecule has 0 unspecified atom stereocenters. The van der Waals surface area contributed by atoms with Crippen molar-refractivity contribution in [3.05, 3.63) is 40.6 Å². The molecule has 0 aliphatic carbocycles. The van der Waals surface area contributed by atoms with Crippen molar-refractivity contribution in [2.75, 3.05) is 12.8 Å². The summed E-state index contributed by atoms with van der Waals surface area (Å²) >= 11 is 1.65. The number of thiophene rings is 1. The van der Waals surface area contributed by atoms with E-state index in [0.717, 1.165) is 33.7 Å². The quantitative estimate of drug-likeness (QED) is 0.802. The molecular formula is C16H17N3OS. The molecule has 1 aromatic carbocycles. The number of nitrogen functional groups attached to an aromatic ring is 1. The van der Waals surface area contributed by atoms with Crippen LogP contribution in [0.2, 0.25) is 0 Å². The molecule has 0 aliphatic rings. The van der Waals surface area contributed by atoms with Gasteiger partial charge < -0.3 is 10.5 Å². The fraction of sp³-hybridized carbons (Fsp3) is 0.188. The Labute approximate surface area is 127 Å². The van der Waals surface area contributed by atoms with Gasteiger partial charge in [0, 0.05) is 18.0 Å². The Morgan fingerprint density at radius 2 is 2.05 bits per heavy atom. The zero-order valence-corrected chi connectivity index (χ0v) is 13.1. The van der Waals surface area contributed by atoms with Crippen LogP contribution >= 0.6 is 11.3 Å². The molecule has 0 saturated heterocycles. The van der Waals surface area contributed by atoms with Crippen molar-refractivity contribution < 1.29 is 4.74 Å². The number of anilines is 1. The zero-order chi connectivity index (χ0) is 15.0. The van der Waals surface area contributed by atoms with Crippen LogP contribution in [-0.4, -0.2) is 16.9 Å². The third kappa shape index (κ3) is 2.29. The summed E-state index contributed by atoms with van der Waals surface area (Å²) < 4.78 is 7.14. The first-order chi connectivity index (χ1) is 10.1. The molecule has 2 aromatic heterocycles. The second-order valence-electron chi connectivity index (χ2n) is 4.93. The van der Waals surface area contributed by atoms with Gasteiger partial charge in [0.25, 0.3) is 0 Å². The largest absolute Gasteiger partial charge is 0.496 e. The smallest absolute Gasteiger partial charge is 0.129 e. The van der Waals surface area contributed by atoms with Crippen molar-refractivity contribution >= 4 is 17.2 Å². The van der Waals surface area contributed by atoms with E-state index in [-0.39, 0.29) is 0 Å². The van der Waals surface area contributed by atoms with Gasteiger partial charge in [0.2, 0.25) is 0 Å². The molecule has 0 spiro atoms. The van der Waals surface area contributed by atoms with Gasteiger partial charge in [-0.1, -0.05) is 12.1 Å². The summed E-state index contributed by atoms with van der Waals surface area (Å²) in [6, 6.07) is 8.17. The van der Waals surface area contributed by atoms with Gasteiger partial charge in [0.1, 0.15) is 17.3 Å². The number of methoxy groups -OCH3 is 1. The second-order valence-corrected chi connectivity index (χ2v) is 5.71. The van der Waals surface area contributed by atoms with E-state index < -0.39 is 0 Å². The Bertz CT molecular complexity index is 775. The van der Waals surface area contributed by atoms with Gasteiger partial charge in [-0.25, -0.2) is 0 Å². The van der Waals surface area contributed by atoms with Gasteiger partial charge in [-0.15, -0.1) is 0 Å². The summed E-state index contributed by atoms with van der Waals surface area (Å²) in [5, 5.41) is 8.69. The van der Waals surface area contributed by atoms with Crippen molar-refractivity contribution in [2.45, 2.75) is 6.92 Å². The molecule has 2 heterocycles. The van der Waals surface area contributed by atoms with Gasteiger partial charge in [-0.3, -0.25) is 4.68 Å². The van der Waals surface area contributed by atoms with Crippen LogP contribution in [0.3, 0.4) is 0 Å². The van der Waals surface area contributed by atoms with Crippen LogP contribution in [0.25, 0.3) is 22.4 Å². The molecule has 21 heavy (non-hydrogen) atoms. The highest BCUT2D eigenvalue weighted by Gasteiger charge is 2.18. The number of rotatable bonds is 3. The minimum Gasteiger partial charge on any atom is -0.496 e. The van der Waals surface area contributed by atoms with Crippen LogP contribution in [0.4, 0.5) is 5.82 Å². The molecule has 0 atom stereocenters. The number of nitrogens with two attached hydrogens (primary N) is 1. The standard InChI is InChI=1S/C16H17N3OS/c1-10-4-5-11(8-13(10)20-3)14-15(12-6-7-21-9-12)18-19(2)16(14)17/h4-9H,17H2,1-3H3. The topological polar surface area (TPSA) is 53.1 Å². The number of nitrogens with zero attached hydrogens (tertiary/aromatic N) is 2. The Hall–Kier alpha value is -2.27. The van der Waals surface area contributed by atoms with Crippen molar-refractivity contribution in [3.63, 3.8) is 0 Å². The van der Waals surface area contributed by atoms with Gasteiger partial charge in [-0.2, -0.15) is 16.4 Å². The number of hydrogen-bond acceptors (Lipinski definition) is 4. The van der Waals surface area contributed by atoms with Gasteiger partial charge >= 0.3 is 0 Å². The van der Waals surface area contributed by atoms with Crippen LogP contribution in [0.1, 0.15) is 5.56 Å². The average molecular weight is 299 g/mol. The van der Waals surface area contributed by atoms with E-state index in [1.165, 1.54) is 0 Å². The molecule has 0 amide bonds. The molecule has 3 rings (SSSR count). The number of benzene rings is 1. The molecule has 3 aromatic rings. The number of hydrogen-bond donors (Lipinski definition) is 1. The van der Waals surface area contributed by atoms with Gasteiger partial charge in [-0.05, 0) is 35.6 Å². The maximum absolute atomic E-state index is 6.23. The molecule has 108 valence electrons. The van der Waals surface area contributed by atoms with Crippen LogP contribution in [0, 0.1) is 6.92 Å². The normalized spacial score (nSPS) is 10.8. The predicted octanol–water partition coefficient (Wildman–Crippen LogP) is 3.71. The van der Waals surface area contributed by atoms with E-state index in [4.69, 9.17) is 10.5 Å². The summed E-state index contributed by atoms with van der Waals surface area (Å²) in [6.45, 7) is 2.02. The lowest BCUT2D eigenvalue weighted by atomic mass is 10.0. The van der Waals surface area contributed by atoms with Crippen LogP contribution in [0.15, 0.2) is 35.0 Å². The molecular weight excluding hydrogens is 282 g/mol. The molecule has 0 bridgehead atoms. The summed E-state index contributed by atoms with van der Waals surface area (Å²) in [6.07, 6.45) is 0. The maximum Gasteiger partial charge on any atom is 0.129 e. The lowest BCUT2D eigenvalue weighted by molar-refractivity contribution is 0.412. The highest BCUT2D eigenvalue weighted by atomic mass is 32.1. The number of ether oxygens (including phenoxy) is 1. The van der Waals surface area contributed by atoms with Crippen molar-refractivity contribution in [3.8, 4) is 28.1 Å². The third-order valence-electron chi connectivity index (χ3n) is 3.58. The number of aromatic nitrogens is 2. The summed E-state index contributed by atoms with van der Waals surface area (Å²) in [5.74, 6) is 1.51. The molecule has 0 saturated carbocycles. The lowest BCUT2D eigenvalue weighted by Crippen LogP contribution is -1.98. The Balaban J connectivity index is 2.23. The van der Waals surface area contributed by atoms with E-state index >= 15 is 0 Å². The van der Waals surface area contributed by atoms with Crippen LogP contribution < -0.4 is 10.5 Å². The van der Waals surface area contributed by atoms with Gasteiger partial charge in [0.05, 0.1) is 12.7 Å². The van der Waals surface area contributed by atoms with Crippen molar-refractivity contribution in [1.29, 1.82) is 0 Å². The van der Waals surface area contributed by atoms with E-state index in [1.54, 1.807) is 23.1 Å². The zero-order valence-electron chi connectivity index (χ0n) is 12.3. The Kier molecular flexibility index (Phi) is 3.43. The minimum absolute atomic E-state index is 0.655. The average Bonchev–Trinajstić information content (AvgIpc) is 3.09. The first-order valence-corrected chi connectivity index (χ1v) is 7.56. The maximum atomic E-state index is 6.23. The predicted molar refractivity (Wildman–Crippen MR) is 87.7 cm³/mol. The lowest BCUT2D eigenvalue weighted by Gasteiger charge is -2.08. The highest BCUT2D eigenvalue weighted by Crippen LogP contribution is 2.38. The highest BCUT2D eigenvalue weighted by molar-refractivity contribution is 7.08. The molecule has 2 N–H and O–H groups in total. The Morgan fingerprint density at radius 1 is 1.24 bits per heavy atom. The molecule has 5 heteroatoms. The first-order valence-electron chi connectivity index (χ1n) is 6.62. The van der Waals surface area contributed by atoms with Crippen molar-refractivity contribution in [2.24, 2.45) is 7.05 Å². The van der Waals surface area contributed by atoms with E-state index in [1.807, 2.05) is 31.5 Å². The molecule has 0 fully saturated rings. The molecule has 4 nitrogen and oxygen atoms in total. The van der Waals surface area contributed by atoms with Crippen LogP contribution in [0.5, 0.6) is 5.75 Å². The molecule has 0 radical (unpaired) electrons. The summed E-state index contributed by atoms with van der Waals surface area (Å²) in [5.41, 5.74) is 11.3. The fourth-order valence-electron chi connectivity index (χ4n) is 2.40. The third-order valence-corrected chi connectivity index (χ3v) is 4.27. The SMILES string of the molecule is COc1cc(-c2c(-c3ccsc3)nn(C)c2N)ccc1C.